The smallest absolute Gasteiger partial charge is 0.231 e. The lowest BCUT2D eigenvalue weighted by Crippen LogP contribution is -2.36. The first kappa shape index (κ1) is 21.6. The maximum atomic E-state index is 5.85. The Morgan fingerprint density at radius 1 is 0.966 bits per heavy atom. The molecule has 0 saturated carbocycles. The van der Waals surface area contributed by atoms with Crippen LogP contribution in [0.25, 0.3) is 0 Å². The van der Waals surface area contributed by atoms with Gasteiger partial charge in [0.1, 0.15) is 0 Å². The highest BCUT2D eigenvalue weighted by Crippen LogP contribution is 2.37. The van der Waals surface area contributed by atoms with Crippen molar-refractivity contribution in [3.05, 3.63) is 59.7 Å². The van der Waals surface area contributed by atoms with Crippen molar-refractivity contribution >= 4 is 0 Å². The van der Waals surface area contributed by atoms with Crippen LogP contribution in [0.1, 0.15) is 44.2 Å². The third-order valence-electron chi connectivity index (χ3n) is 5.30. The number of fused-ring (bicyclic) bond motifs is 1. The highest BCUT2D eigenvalue weighted by Gasteiger charge is 2.26. The molecule has 1 aliphatic heterocycles. The van der Waals surface area contributed by atoms with Gasteiger partial charge in [0.2, 0.25) is 6.79 Å². The number of hydrogen-bond acceptors (Lipinski definition) is 5. The third-order valence-corrected chi connectivity index (χ3v) is 5.30. The second kappa shape index (κ2) is 11.2. The van der Waals surface area contributed by atoms with E-state index in [1.54, 1.807) is 0 Å². The number of hydrogen-bond donors (Lipinski definition) is 1. The van der Waals surface area contributed by atoms with Crippen molar-refractivity contribution in [1.29, 1.82) is 0 Å². The Kier molecular flexibility index (Phi) is 8.35. The fraction of sp³-hybridized carbons (Fsp3) is 0.500. The molecule has 1 N–H and O–H groups in total. The van der Waals surface area contributed by atoms with Gasteiger partial charge in [0, 0.05) is 31.6 Å². The van der Waals surface area contributed by atoms with E-state index >= 15 is 0 Å². The molecule has 0 fully saturated rings. The van der Waals surface area contributed by atoms with E-state index in [9.17, 15) is 0 Å². The zero-order chi connectivity index (χ0) is 20.5. The molecule has 1 aliphatic rings. The summed E-state index contributed by atoms with van der Waals surface area (Å²) in [6, 6.07) is 17.0. The Morgan fingerprint density at radius 3 is 2.41 bits per heavy atom. The van der Waals surface area contributed by atoms with Crippen LogP contribution in [0.4, 0.5) is 0 Å². The fourth-order valence-electron chi connectivity index (χ4n) is 3.77. The summed E-state index contributed by atoms with van der Waals surface area (Å²) in [6.07, 6.45) is 1.55. The molecule has 0 amide bonds. The van der Waals surface area contributed by atoms with Crippen LogP contribution in [-0.2, 0) is 15.9 Å². The van der Waals surface area contributed by atoms with Gasteiger partial charge >= 0.3 is 0 Å². The maximum absolute atomic E-state index is 5.85. The predicted octanol–water partition coefficient (Wildman–Crippen LogP) is 4.51. The van der Waals surface area contributed by atoms with Crippen LogP contribution < -0.4 is 14.8 Å². The topological polar surface area (TPSA) is 49.0 Å². The van der Waals surface area contributed by atoms with Gasteiger partial charge in [-0.3, -0.25) is 0 Å². The largest absolute Gasteiger partial charge is 0.454 e. The van der Waals surface area contributed by atoms with Gasteiger partial charge in [-0.25, -0.2) is 0 Å². The molecule has 29 heavy (non-hydrogen) atoms. The Labute approximate surface area is 174 Å². The van der Waals surface area contributed by atoms with Crippen LogP contribution in [0.3, 0.4) is 0 Å². The molecule has 0 saturated heterocycles. The van der Waals surface area contributed by atoms with Gasteiger partial charge in [0.25, 0.3) is 0 Å². The van der Waals surface area contributed by atoms with Gasteiger partial charge in [0.05, 0.1) is 0 Å². The summed E-state index contributed by atoms with van der Waals surface area (Å²) in [4.78, 5) is 0. The first-order valence-electron chi connectivity index (χ1n) is 10.6. The Hall–Kier alpha value is -2.08. The van der Waals surface area contributed by atoms with Crippen molar-refractivity contribution in [2.45, 2.75) is 51.9 Å². The Bertz CT molecular complexity index is 731. The van der Waals surface area contributed by atoms with Crippen LogP contribution in [0.15, 0.2) is 48.5 Å². The molecule has 0 bridgehead atoms. The van der Waals surface area contributed by atoms with E-state index in [-0.39, 0.29) is 25.0 Å². The van der Waals surface area contributed by atoms with E-state index in [0.717, 1.165) is 30.9 Å². The molecule has 0 aliphatic carbocycles. The molecule has 2 unspecified atom stereocenters. The van der Waals surface area contributed by atoms with Crippen LogP contribution >= 0.6 is 0 Å². The SMILES string of the molecule is CCOC(CC(c1ccc2c(c1)OCO2)C(C)NCCc1ccccc1)OCC. The maximum Gasteiger partial charge on any atom is 0.231 e. The lowest BCUT2D eigenvalue weighted by atomic mass is 9.88. The molecule has 5 nitrogen and oxygen atoms in total. The summed E-state index contributed by atoms with van der Waals surface area (Å²) in [5.74, 6) is 1.85. The van der Waals surface area contributed by atoms with Gasteiger partial charge < -0.3 is 24.3 Å². The van der Waals surface area contributed by atoms with Crippen LogP contribution in [0, 0.1) is 0 Å². The van der Waals surface area contributed by atoms with Gasteiger partial charge in [-0.1, -0.05) is 36.4 Å². The average molecular weight is 400 g/mol. The lowest BCUT2D eigenvalue weighted by molar-refractivity contribution is -0.143. The molecular formula is C24H33NO4. The van der Waals surface area contributed by atoms with Gasteiger partial charge in [0.15, 0.2) is 17.8 Å². The molecule has 1 heterocycles. The number of nitrogens with one attached hydrogen (secondary N) is 1. The molecule has 3 rings (SSSR count). The van der Waals surface area contributed by atoms with E-state index in [1.165, 1.54) is 11.1 Å². The predicted molar refractivity (Wildman–Crippen MR) is 115 cm³/mol. The van der Waals surface area contributed by atoms with Crippen molar-refractivity contribution in [2.24, 2.45) is 0 Å². The summed E-state index contributed by atoms with van der Waals surface area (Å²) in [5, 5.41) is 3.70. The van der Waals surface area contributed by atoms with Crippen molar-refractivity contribution in [1.82, 2.24) is 5.32 Å². The minimum atomic E-state index is -0.223. The molecule has 158 valence electrons. The van der Waals surface area contributed by atoms with E-state index in [4.69, 9.17) is 18.9 Å². The van der Waals surface area contributed by atoms with Crippen molar-refractivity contribution in [3.8, 4) is 11.5 Å². The summed E-state index contributed by atoms with van der Waals surface area (Å²) >= 11 is 0. The van der Waals surface area contributed by atoms with Crippen molar-refractivity contribution in [2.75, 3.05) is 26.6 Å². The van der Waals surface area contributed by atoms with Crippen LogP contribution in [0.2, 0.25) is 0 Å². The molecule has 0 radical (unpaired) electrons. The molecular weight excluding hydrogens is 366 g/mol. The normalized spacial score (nSPS) is 14.9. The van der Waals surface area contributed by atoms with Crippen LogP contribution in [0.5, 0.6) is 11.5 Å². The highest BCUT2D eigenvalue weighted by molar-refractivity contribution is 5.45. The molecule has 2 atom stereocenters. The summed E-state index contributed by atoms with van der Waals surface area (Å²) in [5.41, 5.74) is 2.55. The van der Waals surface area contributed by atoms with E-state index in [1.807, 2.05) is 19.9 Å². The Morgan fingerprint density at radius 2 is 1.69 bits per heavy atom. The van der Waals surface area contributed by atoms with Gasteiger partial charge in [-0.2, -0.15) is 0 Å². The Balaban J connectivity index is 1.70. The fourth-order valence-corrected chi connectivity index (χ4v) is 3.77. The summed E-state index contributed by atoms with van der Waals surface area (Å²) < 4.78 is 22.8. The second-order valence-electron chi connectivity index (χ2n) is 7.27. The first-order chi connectivity index (χ1) is 14.2. The van der Waals surface area contributed by atoms with Crippen molar-refractivity contribution < 1.29 is 18.9 Å². The quantitative estimate of drug-likeness (QED) is 0.532. The molecule has 2 aromatic carbocycles. The summed E-state index contributed by atoms with van der Waals surface area (Å²) in [6.45, 7) is 8.71. The number of benzene rings is 2. The molecule has 0 spiro atoms. The van der Waals surface area contributed by atoms with Gasteiger partial charge in [-0.15, -0.1) is 0 Å². The number of ether oxygens (including phenoxy) is 4. The highest BCUT2D eigenvalue weighted by atomic mass is 16.7. The minimum Gasteiger partial charge on any atom is -0.454 e. The first-order valence-corrected chi connectivity index (χ1v) is 10.6. The standard InChI is InChI=1S/C24H33NO4/c1-4-26-24(27-5-2)16-21(20-11-12-22-23(15-20)29-17-28-22)18(3)25-14-13-19-9-7-6-8-10-19/h6-12,15,18,21,24-25H,4-5,13-14,16-17H2,1-3H3. The number of rotatable bonds is 12. The lowest BCUT2D eigenvalue weighted by Gasteiger charge is -2.29. The van der Waals surface area contributed by atoms with Crippen LogP contribution in [-0.4, -0.2) is 38.9 Å². The molecule has 0 aromatic heterocycles. The van der Waals surface area contributed by atoms with Gasteiger partial charge in [-0.05, 0) is 57.0 Å². The second-order valence-corrected chi connectivity index (χ2v) is 7.27. The zero-order valence-electron chi connectivity index (χ0n) is 17.7. The third kappa shape index (κ3) is 6.20. The van der Waals surface area contributed by atoms with E-state index in [2.05, 4.69) is 54.7 Å². The summed E-state index contributed by atoms with van der Waals surface area (Å²) in [7, 11) is 0. The zero-order valence-corrected chi connectivity index (χ0v) is 17.7. The minimum absolute atomic E-state index is 0.223. The van der Waals surface area contributed by atoms with Crippen molar-refractivity contribution in [3.63, 3.8) is 0 Å². The van der Waals surface area contributed by atoms with E-state index < -0.39 is 0 Å². The molecule has 5 heteroatoms. The molecule has 2 aromatic rings. The average Bonchev–Trinajstić information content (AvgIpc) is 3.21. The van der Waals surface area contributed by atoms with E-state index in [0.29, 0.717) is 13.2 Å². The monoisotopic (exact) mass is 399 g/mol.